The lowest BCUT2D eigenvalue weighted by molar-refractivity contribution is -0.388. The number of nitro benzene ring substituents is 1. The van der Waals surface area contributed by atoms with Gasteiger partial charge in [0.05, 0.1) is 4.92 Å². The Morgan fingerprint density at radius 1 is 1.38 bits per heavy atom. The molecule has 0 saturated heterocycles. The maximum Gasteiger partial charge on any atom is 0.573 e. The monoisotopic (exact) mass is 239 g/mol. The molecule has 0 atom stereocenters. The van der Waals surface area contributed by atoms with Crippen LogP contribution in [0, 0.1) is 10.1 Å². The molecule has 4 nitrogen and oxygen atoms in total. The lowest BCUT2D eigenvalue weighted by Crippen LogP contribution is -2.18. The molecule has 0 unspecified atom stereocenters. The average molecular weight is 239 g/mol. The molecule has 1 rings (SSSR count). The van der Waals surface area contributed by atoms with E-state index in [1.807, 2.05) is 0 Å². The fraction of sp³-hybridized carbons (Fsp3) is 0.250. The van der Waals surface area contributed by atoms with Gasteiger partial charge in [-0.15, -0.1) is 13.2 Å². The Hall–Kier alpha value is -1.86. The molecule has 0 aromatic heterocycles. The number of hydrogen-bond acceptors (Lipinski definition) is 3. The van der Waals surface area contributed by atoms with E-state index in [1.54, 1.807) is 0 Å². The minimum Gasteiger partial charge on any atom is -0.398 e. The summed E-state index contributed by atoms with van der Waals surface area (Å²) in [6.07, 6.45) is -5.03. The first-order chi connectivity index (χ1) is 7.33. The van der Waals surface area contributed by atoms with Crippen molar-refractivity contribution >= 4 is 5.69 Å². The number of nitrogens with zero attached hydrogens (tertiary/aromatic N) is 1. The highest BCUT2D eigenvalue weighted by atomic mass is 19.4. The molecular weight excluding hydrogens is 234 g/mol. The number of halogens is 4. The van der Waals surface area contributed by atoms with Gasteiger partial charge in [0, 0.05) is 6.07 Å². The zero-order chi connectivity index (χ0) is 12.3. The number of benzene rings is 1. The highest BCUT2D eigenvalue weighted by Gasteiger charge is 2.34. The first-order valence-corrected chi connectivity index (χ1v) is 3.92. The van der Waals surface area contributed by atoms with Crippen LogP contribution in [0.25, 0.3) is 0 Å². The molecule has 0 amide bonds. The number of ether oxygens (including phenoxy) is 1. The van der Waals surface area contributed by atoms with E-state index in [9.17, 15) is 27.7 Å². The zero-order valence-corrected chi connectivity index (χ0v) is 7.62. The zero-order valence-electron chi connectivity index (χ0n) is 7.62. The third-order valence-electron chi connectivity index (χ3n) is 1.60. The van der Waals surface area contributed by atoms with E-state index in [0.29, 0.717) is 12.1 Å². The Bertz CT molecular complexity index is 405. The van der Waals surface area contributed by atoms with Crippen LogP contribution in [0.4, 0.5) is 23.2 Å². The van der Waals surface area contributed by atoms with Crippen molar-refractivity contribution in [3.8, 4) is 5.75 Å². The predicted molar refractivity (Wildman–Crippen MR) is 44.6 cm³/mol. The molecule has 16 heavy (non-hydrogen) atoms. The molecule has 0 aliphatic rings. The van der Waals surface area contributed by atoms with Crippen LogP contribution in [0.1, 0.15) is 5.56 Å². The number of nitro groups is 1. The second-order valence-corrected chi connectivity index (χ2v) is 2.74. The van der Waals surface area contributed by atoms with Gasteiger partial charge >= 0.3 is 12.0 Å². The molecule has 0 aliphatic carbocycles. The van der Waals surface area contributed by atoms with Crippen LogP contribution in [0.5, 0.6) is 5.75 Å². The number of alkyl halides is 4. The largest absolute Gasteiger partial charge is 0.573 e. The molecule has 88 valence electrons. The molecule has 0 fully saturated rings. The van der Waals surface area contributed by atoms with Crippen molar-refractivity contribution in [1.29, 1.82) is 0 Å². The fourth-order valence-electron chi connectivity index (χ4n) is 1.000. The Morgan fingerprint density at radius 3 is 2.44 bits per heavy atom. The van der Waals surface area contributed by atoms with Crippen LogP contribution in [-0.4, -0.2) is 11.3 Å². The van der Waals surface area contributed by atoms with Crippen molar-refractivity contribution in [3.63, 3.8) is 0 Å². The smallest absolute Gasteiger partial charge is 0.398 e. The molecule has 0 bridgehead atoms. The molecule has 8 heteroatoms. The summed E-state index contributed by atoms with van der Waals surface area (Å²) < 4.78 is 51.1. The highest BCUT2D eigenvalue weighted by Crippen LogP contribution is 2.32. The van der Waals surface area contributed by atoms with E-state index < -0.39 is 29.4 Å². The summed E-state index contributed by atoms with van der Waals surface area (Å²) in [5, 5.41) is 10.4. The number of rotatable bonds is 3. The Balaban J connectivity index is 3.13. The molecule has 0 N–H and O–H groups in total. The van der Waals surface area contributed by atoms with Crippen LogP contribution < -0.4 is 4.74 Å². The summed E-state index contributed by atoms with van der Waals surface area (Å²) in [6, 6.07) is 2.38. The van der Waals surface area contributed by atoms with Gasteiger partial charge in [-0.25, -0.2) is 4.39 Å². The molecule has 0 spiro atoms. The molecule has 1 aromatic rings. The van der Waals surface area contributed by atoms with Crippen LogP contribution in [0.3, 0.4) is 0 Å². The molecule has 0 saturated carbocycles. The summed E-state index contributed by atoms with van der Waals surface area (Å²) >= 11 is 0. The third-order valence-corrected chi connectivity index (χ3v) is 1.60. The average Bonchev–Trinajstić information content (AvgIpc) is 2.15. The standard InChI is InChI=1S/C8H5F4NO3/c9-4-5-1-2-7(16-8(10,11)12)6(3-5)13(14)15/h1-3H,4H2. The van der Waals surface area contributed by atoms with Crippen LogP contribution >= 0.6 is 0 Å². The first-order valence-electron chi connectivity index (χ1n) is 3.92. The third kappa shape index (κ3) is 3.07. The van der Waals surface area contributed by atoms with Crippen molar-refractivity contribution in [2.24, 2.45) is 0 Å². The quantitative estimate of drug-likeness (QED) is 0.463. The first kappa shape index (κ1) is 12.2. The maximum absolute atomic E-state index is 12.2. The minimum absolute atomic E-state index is 0.0961. The summed E-state index contributed by atoms with van der Waals surface area (Å²) in [4.78, 5) is 9.34. The molecule has 0 heterocycles. The molecule has 0 aliphatic heterocycles. The summed E-state index contributed by atoms with van der Waals surface area (Å²) in [7, 11) is 0. The molecule has 0 radical (unpaired) electrons. The van der Waals surface area contributed by atoms with Crippen molar-refractivity contribution < 1.29 is 27.2 Å². The Morgan fingerprint density at radius 2 is 2.00 bits per heavy atom. The topological polar surface area (TPSA) is 52.4 Å². The van der Waals surface area contributed by atoms with E-state index in [0.717, 1.165) is 6.07 Å². The summed E-state index contributed by atoms with van der Waals surface area (Å²) in [6.45, 7) is -1.01. The predicted octanol–water partition coefficient (Wildman–Crippen LogP) is 2.96. The summed E-state index contributed by atoms with van der Waals surface area (Å²) in [5.74, 6) is -0.963. The maximum atomic E-state index is 12.2. The second kappa shape index (κ2) is 4.33. The van der Waals surface area contributed by atoms with Crippen LogP contribution in [0.15, 0.2) is 18.2 Å². The van der Waals surface area contributed by atoms with Gasteiger partial charge in [-0.05, 0) is 11.6 Å². The Labute approximate surface area is 86.6 Å². The van der Waals surface area contributed by atoms with E-state index in [2.05, 4.69) is 4.74 Å². The lowest BCUT2D eigenvalue weighted by Gasteiger charge is -2.09. The van der Waals surface area contributed by atoms with E-state index in [-0.39, 0.29) is 5.56 Å². The van der Waals surface area contributed by atoms with Crippen LogP contribution in [-0.2, 0) is 6.67 Å². The lowest BCUT2D eigenvalue weighted by atomic mass is 10.2. The van der Waals surface area contributed by atoms with E-state index in [4.69, 9.17) is 0 Å². The van der Waals surface area contributed by atoms with Gasteiger partial charge in [-0.3, -0.25) is 10.1 Å². The van der Waals surface area contributed by atoms with Gasteiger partial charge in [-0.1, -0.05) is 6.07 Å². The van der Waals surface area contributed by atoms with Crippen molar-refractivity contribution in [2.75, 3.05) is 0 Å². The van der Waals surface area contributed by atoms with Gasteiger partial charge in [0.1, 0.15) is 6.67 Å². The second-order valence-electron chi connectivity index (χ2n) is 2.74. The van der Waals surface area contributed by atoms with Gasteiger partial charge < -0.3 is 4.74 Å². The highest BCUT2D eigenvalue weighted by molar-refractivity contribution is 5.48. The van der Waals surface area contributed by atoms with E-state index >= 15 is 0 Å². The molecule has 1 aromatic carbocycles. The Kier molecular flexibility index (Phi) is 3.31. The molecular formula is C8H5F4NO3. The van der Waals surface area contributed by atoms with Gasteiger partial charge in [0.25, 0.3) is 0 Å². The number of hydrogen-bond donors (Lipinski definition) is 0. The summed E-state index contributed by atoms with van der Waals surface area (Å²) in [5.41, 5.74) is -1.02. The van der Waals surface area contributed by atoms with E-state index in [1.165, 1.54) is 0 Å². The van der Waals surface area contributed by atoms with Gasteiger partial charge in [-0.2, -0.15) is 0 Å². The van der Waals surface area contributed by atoms with Gasteiger partial charge in [0.15, 0.2) is 0 Å². The van der Waals surface area contributed by atoms with Crippen LogP contribution in [0.2, 0.25) is 0 Å². The normalized spacial score (nSPS) is 11.2. The fourth-order valence-corrected chi connectivity index (χ4v) is 1.000. The van der Waals surface area contributed by atoms with Gasteiger partial charge in [0.2, 0.25) is 5.75 Å². The van der Waals surface area contributed by atoms with Crippen molar-refractivity contribution in [2.45, 2.75) is 13.0 Å². The minimum atomic E-state index is -5.03. The van der Waals surface area contributed by atoms with Crippen molar-refractivity contribution in [3.05, 3.63) is 33.9 Å². The SMILES string of the molecule is O=[N+]([O-])c1cc(CF)ccc1OC(F)(F)F. The van der Waals surface area contributed by atoms with Crippen molar-refractivity contribution in [1.82, 2.24) is 0 Å².